The molecule has 3 rings (SSSR count). The lowest BCUT2D eigenvalue weighted by Gasteiger charge is -2.31. The zero-order valence-corrected chi connectivity index (χ0v) is 12.0. The smallest absolute Gasteiger partial charge is 0.398 e. The Labute approximate surface area is 127 Å². The van der Waals surface area contributed by atoms with Crippen LogP contribution in [0.1, 0.15) is 23.1 Å². The van der Waals surface area contributed by atoms with Crippen molar-refractivity contribution in [3.8, 4) is 0 Å². The summed E-state index contributed by atoms with van der Waals surface area (Å²) in [6.45, 7) is 1.47. The van der Waals surface area contributed by atoms with Gasteiger partial charge in [-0.3, -0.25) is 0 Å². The van der Waals surface area contributed by atoms with Crippen molar-refractivity contribution >= 4 is 11.4 Å². The van der Waals surface area contributed by atoms with Gasteiger partial charge in [-0.25, -0.2) is 0 Å². The van der Waals surface area contributed by atoms with Gasteiger partial charge in [-0.1, -0.05) is 24.3 Å². The van der Waals surface area contributed by atoms with Crippen LogP contribution in [0.4, 0.5) is 24.5 Å². The Morgan fingerprint density at radius 2 is 1.86 bits per heavy atom. The average Bonchev–Trinajstić information content (AvgIpc) is 2.46. The van der Waals surface area contributed by atoms with Gasteiger partial charge in [0.25, 0.3) is 0 Å². The molecule has 2 nitrogen and oxygen atoms in total. The first kappa shape index (κ1) is 14.8. The van der Waals surface area contributed by atoms with Crippen LogP contribution in [0.15, 0.2) is 42.5 Å². The molecule has 0 fully saturated rings. The van der Waals surface area contributed by atoms with Gasteiger partial charge in [-0.05, 0) is 42.2 Å². The number of nitrogens with two attached hydrogens (primary N) is 1. The summed E-state index contributed by atoms with van der Waals surface area (Å²) < 4.78 is 38.2. The molecule has 0 saturated carbocycles. The summed E-state index contributed by atoms with van der Waals surface area (Å²) in [5, 5.41) is 0. The molecule has 0 aromatic heterocycles. The van der Waals surface area contributed by atoms with Crippen molar-refractivity contribution in [2.75, 3.05) is 17.2 Å². The fourth-order valence-corrected chi connectivity index (χ4v) is 2.96. The molecule has 0 bridgehead atoms. The molecule has 0 saturated heterocycles. The molecule has 22 heavy (non-hydrogen) atoms. The first-order chi connectivity index (χ1) is 10.4. The van der Waals surface area contributed by atoms with Crippen LogP contribution in [0, 0.1) is 0 Å². The van der Waals surface area contributed by atoms with Gasteiger partial charge in [-0.15, -0.1) is 0 Å². The normalized spacial score (nSPS) is 14.8. The fraction of sp³-hybridized carbons (Fsp3) is 0.294. The number of hydrogen-bond donors (Lipinski definition) is 1. The van der Waals surface area contributed by atoms with E-state index >= 15 is 0 Å². The highest BCUT2D eigenvalue weighted by atomic mass is 19.4. The maximum atomic E-state index is 12.7. The van der Waals surface area contributed by atoms with Crippen molar-refractivity contribution in [3.05, 3.63) is 59.2 Å². The maximum absolute atomic E-state index is 12.7. The van der Waals surface area contributed by atoms with Crippen LogP contribution in [0.3, 0.4) is 0 Å². The molecule has 0 aliphatic carbocycles. The second-order valence-electron chi connectivity index (χ2n) is 5.57. The van der Waals surface area contributed by atoms with Crippen molar-refractivity contribution in [1.29, 1.82) is 0 Å². The molecule has 0 spiro atoms. The van der Waals surface area contributed by atoms with Crippen molar-refractivity contribution in [2.45, 2.75) is 25.6 Å². The summed E-state index contributed by atoms with van der Waals surface area (Å²) in [6, 6.07) is 12.2. The highest BCUT2D eigenvalue weighted by molar-refractivity contribution is 5.57. The van der Waals surface area contributed by atoms with Gasteiger partial charge in [0.15, 0.2) is 0 Å². The monoisotopic (exact) mass is 306 g/mol. The van der Waals surface area contributed by atoms with Crippen LogP contribution in [0.5, 0.6) is 0 Å². The summed E-state index contributed by atoms with van der Waals surface area (Å²) in [4.78, 5) is 2.20. The summed E-state index contributed by atoms with van der Waals surface area (Å²) in [6.07, 6.45) is -2.31. The van der Waals surface area contributed by atoms with Crippen LogP contribution < -0.4 is 10.6 Å². The van der Waals surface area contributed by atoms with Gasteiger partial charge in [0.05, 0.1) is 5.56 Å². The van der Waals surface area contributed by atoms with Crippen molar-refractivity contribution in [3.63, 3.8) is 0 Å². The minimum atomic E-state index is -4.40. The highest BCUT2D eigenvalue weighted by Crippen LogP contribution is 2.34. The third-order valence-electron chi connectivity index (χ3n) is 4.00. The molecule has 0 radical (unpaired) electrons. The number of halogens is 3. The van der Waals surface area contributed by atoms with E-state index in [2.05, 4.69) is 17.0 Å². The van der Waals surface area contributed by atoms with E-state index < -0.39 is 11.7 Å². The molecule has 2 aromatic rings. The number of para-hydroxylation sites is 1. The Balaban J connectivity index is 1.84. The molecule has 1 aliphatic heterocycles. The lowest BCUT2D eigenvalue weighted by atomic mass is 10.0. The third kappa shape index (κ3) is 2.89. The first-order valence-corrected chi connectivity index (χ1v) is 7.23. The zero-order valence-electron chi connectivity index (χ0n) is 12.0. The molecule has 2 aromatic carbocycles. The molecule has 0 atom stereocenters. The van der Waals surface area contributed by atoms with Gasteiger partial charge in [-0.2, -0.15) is 13.2 Å². The van der Waals surface area contributed by atoms with E-state index in [1.165, 1.54) is 17.7 Å². The standard InChI is InChI=1S/C17H17F3N2/c18-17(19,20)14-8-7-12(10-15(14)21)11-22-9-3-5-13-4-1-2-6-16(13)22/h1-2,4,6-8,10H,3,5,9,11,21H2. The number of rotatable bonds is 2. The second-order valence-corrected chi connectivity index (χ2v) is 5.57. The van der Waals surface area contributed by atoms with Crippen LogP contribution >= 0.6 is 0 Å². The Bertz CT molecular complexity index is 680. The van der Waals surface area contributed by atoms with Crippen LogP contribution in [0.25, 0.3) is 0 Å². The lowest BCUT2D eigenvalue weighted by Crippen LogP contribution is -2.28. The van der Waals surface area contributed by atoms with Crippen molar-refractivity contribution < 1.29 is 13.2 Å². The Hall–Kier alpha value is -2.17. The number of benzene rings is 2. The Kier molecular flexibility index (Phi) is 3.72. The molecule has 1 aliphatic rings. The summed E-state index contributed by atoms with van der Waals surface area (Å²) in [5.41, 5.74) is 7.83. The van der Waals surface area contributed by atoms with E-state index in [-0.39, 0.29) is 5.69 Å². The number of nitrogen functional groups attached to an aromatic ring is 1. The van der Waals surface area contributed by atoms with E-state index in [0.29, 0.717) is 6.54 Å². The SMILES string of the molecule is Nc1cc(CN2CCCc3ccccc32)ccc1C(F)(F)F. The minimum Gasteiger partial charge on any atom is -0.398 e. The Morgan fingerprint density at radius 3 is 2.59 bits per heavy atom. The lowest BCUT2D eigenvalue weighted by molar-refractivity contribution is -0.136. The summed E-state index contributed by atoms with van der Waals surface area (Å²) in [5.74, 6) is 0. The Morgan fingerprint density at radius 1 is 1.09 bits per heavy atom. The number of anilines is 2. The van der Waals surface area contributed by atoms with Crippen LogP contribution in [0.2, 0.25) is 0 Å². The summed E-state index contributed by atoms with van der Waals surface area (Å²) >= 11 is 0. The molecule has 2 N–H and O–H groups in total. The second kappa shape index (κ2) is 5.55. The number of nitrogens with zero attached hydrogens (tertiary/aromatic N) is 1. The van der Waals surface area contributed by atoms with Gasteiger partial charge in [0.2, 0.25) is 0 Å². The highest BCUT2D eigenvalue weighted by Gasteiger charge is 2.32. The number of fused-ring (bicyclic) bond motifs is 1. The molecule has 5 heteroatoms. The van der Waals surface area contributed by atoms with Gasteiger partial charge >= 0.3 is 6.18 Å². The number of alkyl halides is 3. The minimum absolute atomic E-state index is 0.213. The molecule has 0 amide bonds. The largest absolute Gasteiger partial charge is 0.418 e. The van der Waals surface area contributed by atoms with Crippen molar-refractivity contribution in [2.24, 2.45) is 0 Å². The topological polar surface area (TPSA) is 29.3 Å². The van der Waals surface area contributed by atoms with Gasteiger partial charge in [0, 0.05) is 24.5 Å². The van der Waals surface area contributed by atoms with E-state index in [1.807, 2.05) is 12.1 Å². The third-order valence-corrected chi connectivity index (χ3v) is 4.00. The fourth-order valence-electron chi connectivity index (χ4n) is 2.96. The molecular formula is C17H17F3N2. The first-order valence-electron chi connectivity index (χ1n) is 7.23. The number of aryl methyl sites for hydroxylation is 1. The number of hydrogen-bond acceptors (Lipinski definition) is 2. The van der Waals surface area contributed by atoms with Crippen LogP contribution in [-0.2, 0) is 19.1 Å². The quantitative estimate of drug-likeness (QED) is 0.841. The van der Waals surface area contributed by atoms with E-state index in [1.54, 1.807) is 0 Å². The molecule has 1 heterocycles. The average molecular weight is 306 g/mol. The maximum Gasteiger partial charge on any atom is 0.418 e. The predicted molar refractivity (Wildman–Crippen MR) is 81.7 cm³/mol. The van der Waals surface area contributed by atoms with Gasteiger partial charge in [0.1, 0.15) is 0 Å². The molecule has 116 valence electrons. The zero-order chi connectivity index (χ0) is 15.7. The van der Waals surface area contributed by atoms with Gasteiger partial charge < -0.3 is 10.6 Å². The summed E-state index contributed by atoms with van der Waals surface area (Å²) in [7, 11) is 0. The predicted octanol–water partition coefficient (Wildman–Crippen LogP) is 4.24. The van der Waals surface area contributed by atoms with E-state index in [9.17, 15) is 13.2 Å². The van der Waals surface area contributed by atoms with E-state index in [4.69, 9.17) is 5.73 Å². The van der Waals surface area contributed by atoms with Crippen LogP contribution in [-0.4, -0.2) is 6.54 Å². The van der Waals surface area contributed by atoms with Crippen molar-refractivity contribution in [1.82, 2.24) is 0 Å². The van der Waals surface area contributed by atoms with E-state index in [0.717, 1.165) is 36.7 Å². The molecular weight excluding hydrogens is 289 g/mol. The molecule has 0 unspecified atom stereocenters.